The van der Waals surface area contributed by atoms with Gasteiger partial charge in [-0.1, -0.05) is 19.9 Å². The maximum Gasteiger partial charge on any atom is 0.251 e. The van der Waals surface area contributed by atoms with E-state index in [2.05, 4.69) is 17.2 Å². The lowest BCUT2D eigenvalue weighted by molar-refractivity contribution is -0.117. The Hall–Kier alpha value is -2.14. The van der Waals surface area contributed by atoms with Crippen LogP contribution in [0.2, 0.25) is 0 Å². The molecule has 2 amide bonds. The molecule has 0 heterocycles. The van der Waals surface area contributed by atoms with Gasteiger partial charge in [0.2, 0.25) is 5.91 Å². The van der Waals surface area contributed by atoms with Gasteiger partial charge in [0.15, 0.2) is 0 Å². The number of nitrogens with one attached hydrogen (secondary N) is 2. The third-order valence-electron chi connectivity index (χ3n) is 2.88. The minimum atomic E-state index is -0.527. The van der Waals surface area contributed by atoms with E-state index in [1.165, 1.54) is 0 Å². The van der Waals surface area contributed by atoms with E-state index in [9.17, 15) is 9.59 Å². The number of benzene rings is 1. The molecule has 4 N–H and O–H groups in total. The number of hydrogen-bond donors (Lipinski definition) is 3. The van der Waals surface area contributed by atoms with Crippen LogP contribution in [-0.2, 0) is 4.79 Å². The third-order valence-corrected chi connectivity index (χ3v) is 2.88. The van der Waals surface area contributed by atoms with Crippen LogP contribution >= 0.6 is 0 Å². The van der Waals surface area contributed by atoms with Gasteiger partial charge in [0.05, 0.1) is 6.04 Å². The van der Waals surface area contributed by atoms with Gasteiger partial charge in [0.25, 0.3) is 5.91 Å². The maximum atomic E-state index is 11.9. The summed E-state index contributed by atoms with van der Waals surface area (Å²) in [6.07, 6.45) is 2.25. The molecule has 0 aromatic heterocycles. The summed E-state index contributed by atoms with van der Waals surface area (Å²) in [7, 11) is 0. The summed E-state index contributed by atoms with van der Waals surface area (Å²) in [6, 6.07) is 6.15. The van der Waals surface area contributed by atoms with Crippen LogP contribution in [0.5, 0.6) is 0 Å². The zero-order chi connectivity index (χ0) is 15.8. The van der Waals surface area contributed by atoms with E-state index in [-0.39, 0.29) is 11.8 Å². The molecule has 114 valence electrons. The van der Waals surface area contributed by atoms with E-state index in [1.54, 1.807) is 30.3 Å². The zero-order valence-electron chi connectivity index (χ0n) is 12.6. The summed E-state index contributed by atoms with van der Waals surface area (Å²) in [5, 5.41) is 5.43. The molecule has 0 saturated heterocycles. The molecule has 5 heteroatoms. The smallest absolute Gasteiger partial charge is 0.251 e. The van der Waals surface area contributed by atoms with E-state index >= 15 is 0 Å². The molecular formula is C16H23N3O2. The fourth-order valence-corrected chi connectivity index (χ4v) is 1.82. The zero-order valence-corrected chi connectivity index (χ0v) is 12.6. The highest BCUT2D eigenvalue weighted by atomic mass is 16.2. The van der Waals surface area contributed by atoms with Crippen LogP contribution in [0, 0.1) is 5.92 Å². The lowest BCUT2D eigenvalue weighted by atomic mass is 10.0. The molecule has 0 unspecified atom stereocenters. The van der Waals surface area contributed by atoms with Gasteiger partial charge in [0.1, 0.15) is 0 Å². The fourth-order valence-electron chi connectivity index (χ4n) is 1.82. The average molecular weight is 289 g/mol. The Morgan fingerprint density at radius 1 is 1.29 bits per heavy atom. The van der Waals surface area contributed by atoms with Gasteiger partial charge in [-0.3, -0.25) is 9.59 Å². The molecule has 0 fully saturated rings. The molecule has 0 spiro atoms. The SMILES string of the molecule is C=CCNC(=O)c1ccc(NC(=O)[C@@H](N)CC(C)C)cc1. The Balaban J connectivity index is 2.60. The van der Waals surface area contributed by atoms with Crippen molar-refractivity contribution in [2.75, 3.05) is 11.9 Å². The second kappa shape index (κ2) is 8.21. The van der Waals surface area contributed by atoms with Crippen molar-refractivity contribution in [3.8, 4) is 0 Å². The van der Waals surface area contributed by atoms with Crippen molar-refractivity contribution in [3.05, 3.63) is 42.5 Å². The Morgan fingerprint density at radius 3 is 2.43 bits per heavy atom. The van der Waals surface area contributed by atoms with E-state index < -0.39 is 6.04 Å². The van der Waals surface area contributed by atoms with E-state index in [4.69, 9.17) is 5.73 Å². The van der Waals surface area contributed by atoms with Gasteiger partial charge in [-0.15, -0.1) is 6.58 Å². The van der Waals surface area contributed by atoms with Crippen LogP contribution < -0.4 is 16.4 Å². The first-order valence-electron chi connectivity index (χ1n) is 6.99. The Kier molecular flexibility index (Phi) is 6.62. The van der Waals surface area contributed by atoms with Gasteiger partial charge in [-0.25, -0.2) is 0 Å². The van der Waals surface area contributed by atoms with Crippen LogP contribution in [0.3, 0.4) is 0 Å². The van der Waals surface area contributed by atoms with Crippen LogP contribution in [0.4, 0.5) is 5.69 Å². The molecule has 1 atom stereocenters. The Labute approximate surface area is 125 Å². The number of carbonyl (C=O) groups is 2. The topological polar surface area (TPSA) is 84.2 Å². The summed E-state index contributed by atoms with van der Waals surface area (Å²) < 4.78 is 0. The second-order valence-electron chi connectivity index (χ2n) is 5.30. The minimum absolute atomic E-state index is 0.177. The molecule has 0 aliphatic rings. The van der Waals surface area contributed by atoms with Gasteiger partial charge in [0, 0.05) is 17.8 Å². The van der Waals surface area contributed by atoms with Gasteiger partial charge in [-0.05, 0) is 36.6 Å². The largest absolute Gasteiger partial charge is 0.349 e. The third kappa shape index (κ3) is 5.79. The first-order valence-corrected chi connectivity index (χ1v) is 6.99. The average Bonchev–Trinajstić information content (AvgIpc) is 2.44. The standard InChI is InChI=1S/C16H23N3O2/c1-4-9-18-15(20)12-5-7-13(8-6-12)19-16(21)14(17)10-11(2)3/h4-8,11,14H,1,9-10,17H2,2-3H3,(H,18,20)(H,19,21)/t14-/m0/s1. The number of carbonyl (C=O) groups excluding carboxylic acids is 2. The molecule has 0 saturated carbocycles. The maximum absolute atomic E-state index is 11.9. The fraction of sp³-hybridized carbons (Fsp3) is 0.375. The summed E-state index contributed by atoms with van der Waals surface area (Å²) >= 11 is 0. The molecule has 21 heavy (non-hydrogen) atoms. The molecule has 1 rings (SSSR count). The summed E-state index contributed by atoms with van der Waals surface area (Å²) in [5.41, 5.74) is 6.97. The molecule has 0 bridgehead atoms. The van der Waals surface area contributed by atoms with Crippen LogP contribution in [0.25, 0.3) is 0 Å². The highest BCUT2D eigenvalue weighted by Crippen LogP contribution is 2.11. The van der Waals surface area contributed by atoms with Crippen LogP contribution in [0.15, 0.2) is 36.9 Å². The number of amides is 2. The first-order chi connectivity index (χ1) is 9.93. The van der Waals surface area contributed by atoms with Crippen molar-refractivity contribution in [2.24, 2.45) is 11.7 Å². The molecule has 0 aliphatic carbocycles. The van der Waals surface area contributed by atoms with Gasteiger partial charge < -0.3 is 16.4 Å². The lowest BCUT2D eigenvalue weighted by Crippen LogP contribution is -2.36. The van der Waals surface area contributed by atoms with E-state index in [0.717, 1.165) is 0 Å². The highest BCUT2D eigenvalue weighted by molar-refractivity contribution is 5.97. The van der Waals surface area contributed by atoms with Gasteiger partial charge >= 0.3 is 0 Å². The van der Waals surface area contributed by atoms with Crippen LogP contribution in [0.1, 0.15) is 30.6 Å². The molecule has 1 aromatic carbocycles. The van der Waals surface area contributed by atoms with Crippen molar-refractivity contribution in [2.45, 2.75) is 26.3 Å². The number of rotatable bonds is 7. The predicted octanol–water partition coefficient (Wildman–Crippen LogP) is 1.91. The first kappa shape index (κ1) is 16.9. The van der Waals surface area contributed by atoms with Gasteiger partial charge in [-0.2, -0.15) is 0 Å². The van der Waals surface area contributed by atoms with Crippen molar-refractivity contribution in [3.63, 3.8) is 0 Å². The molecule has 1 aromatic rings. The molecule has 0 aliphatic heterocycles. The molecular weight excluding hydrogens is 266 g/mol. The van der Waals surface area contributed by atoms with Crippen molar-refractivity contribution in [1.82, 2.24) is 5.32 Å². The predicted molar refractivity (Wildman–Crippen MR) is 85.0 cm³/mol. The molecule has 5 nitrogen and oxygen atoms in total. The number of anilines is 1. The van der Waals surface area contributed by atoms with Crippen molar-refractivity contribution in [1.29, 1.82) is 0 Å². The number of hydrogen-bond acceptors (Lipinski definition) is 3. The summed E-state index contributed by atoms with van der Waals surface area (Å²) in [4.78, 5) is 23.6. The van der Waals surface area contributed by atoms with Crippen molar-refractivity contribution >= 4 is 17.5 Å². The number of nitrogens with two attached hydrogens (primary N) is 1. The van der Waals surface area contributed by atoms with E-state index in [0.29, 0.717) is 30.1 Å². The minimum Gasteiger partial charge on any atom is -0.349 e. The Morgan fingerprint density at radius 2 is 1.90 bits per heavy atom. The lowest BCUT2D eigenvalue weighted by Gasteiger charge is -2.14. The summed E-state index contributed by atoms with van der Waals surface area (Å²) in [5.74, 6) is -0.0291. The Bertz CT molecular complexity index is 495. The van der Waals surface area contributed by atoms with E-state index in [1.807, 2.05) is 13.8 Å². The highest BCUT2D eigenvalue weighted by Gasteiger charge is 2.15. The second-order valence-corrected chi connectivity index (χ2v) is 5.30. The molecule has 0 radical (unpaired) electrons. The normalized spacial score (nSPS) is 11.8. The monoisotopic (exact) mass is 289 g/mol. The summed E-state index contributed by atoms with van der Waals surface area (Å²) in [6.45, 7) is 7.99. The quantitative estimate of drug-likeness (QED) is 0.670. The van der Waals surface area contributed by atoms with Crippen molar-refractivity contribution < 1.29 is 9.59 Å². The van der Waals surface area contributed by atoms with Crippen LogP contribution in [-0.4, -0.2) is 24.4 Å².